The summed E-state index contributed by atoms with van der Waals surface area (Å²) in [5.74, 6) is 0.419. The number of nitrogens with one attached hydrogen (secondary N) is 2. The first-order chi connectivity index (χ1) is 18.2. The summed E-state index contributed by atoms with van der Waals surface area (Å²) in [7, 11) is 0. The molecule has 0 radical (unpaired) electrons. The zero-order chi connectivity index (χ0) is 27.4. The van der Waals surface area contributed by atoms with E-state index in [1.807, 2.05) is 81.4 Å². The molecule has 0 aromatic heterocycles. The average molecular weight is 526 g/mol. The van der Waals surface area contributed by atoms with Crippen LogP contribution in [0.4, 0.5) is 9.59 Å². The molecule has 0 unspecified atom stereocenters. The fourth-order valence-electron chi connectivity index (χ4n) is 4.70. The van der Waals surface area contributed by atoms with Gasteiger partial charge >= 0.3 is 12.2 Å². The number of hydrazine groups is 1. The Bertz CT molecular complexity index is 974. The molecule has 0 saturated heterocycles. The molecule has 0 bridgehead atoms. The summed E-state index contributed by atoms with van der Waals surface area (Å²) in [5, 5.41) is 15.9. The first-order valence-electron chi connectivity index (χ1n) is 13.6. The van der Waals surface area contributed by atoms with E-state index < -0.39 is 29.9 Å². The van der Waals surface area contributed by atoms with E-state index >= 15 is 0 Å². The number of carbonyl (C=O) groups excluding carboxylic acids is 2. The Morgan fingerprint density at radius 1 is 0.947 bits per heavy atom. The van der Waals surface area contributed by atoms with E-state index in [0.29, 0.717) is 18.9 Å². The number of aliphatic hydroxyl groups is 1. The molecule has 1 saturated carbocycles. The van der Waals surface area contributed by atoms with Crippen molar-refractivity contribution in [1.29, 1.82) is 0 Å². The summed E-state index contributed by atoms with van der Waals surface area (Å²) in [5.41, 5.74) is 4.05. The molecular formula is C30H43N3O5. The fraction of sp³-hybridized carbons (Fsp3) is 0.533. The van der Waals surface area contributed by atoms with E-state index in [0.717, 1.165) is 24.0 Å². The van der Waals surface area contributed by atoms with Crippen LogP contribution in [0.3, 0.4) is 0 Å². The molecule has 208 valence electrons. The number of aliphatic hydroxyl groups excluding tert-OH is 1. The van der Waals surface area contributed by atoms with Crippen molar-refractivity contribution in [3.63, 3.8) is 0 Å². The van der Waals surface area contributed by atoms with Crippen LogP contribution in [-0.2, 0) is 22.5 Å². The summed E-state index contributed by atoms with van der Waals surface area (Å²) in [4.78, 5) is 25.3. The molecule has 8 heteroatoms. The minimum atomic E-state index is -0.974. The van der Waals surface area contributed by atoms with Gasteiger partial charge in [-0.2, -0.15) is 0 Å². The molecule has 1 aliphatic carbocycles. The van der Waals surface area contributed by atoms with Gasteiger partial charge in [-0.3, -0.25) is 5.43 Å². The van der Waals surface area contributed by atoms with Crippen LogP contribution in [0.15, 0.2) is 60.7 Å². The molecule has 2 atom stereocenters. The predicted molar refractivity (Wildman–Crippen MR) is 147 cm³/mol. The third-order valence-electron chi connectivity index (χ3n) is 6.54. The van der Waals surface area contributed by atoms with E-state index in [9.17, 15) is 14.7 Å². The lowest BCUT2D eigenvalue weighted by atomic mass is 9.89. The number of carbonyl (C=O) groups is 2. The molecule has 2 aromatic rings. The van der Waals surface area contributed by atoms with Gasteiger partial charge in [0, 0.05) is 13.1 Å². The van der Waals surface area contributed by atoms with E-state index in [-0.39, 0.29) is 13.2 Å². The van der Waals surface area contributed by atoms with E-state index in [2.05, 4.69) is 10.7 Å². The highest BCUT2D eigenvalue weighted by Gasteiger charge is 2.28. The number of amides is 2. The predicted octanol–water partition coefficient (Wildman–Crippen LogP) is 5.21. The molecule has 0 spiro atoms. The second-order valence-electron chi connectivity index (χ2n) is 11.1. The lowest BCUT2D eigenvalue weighted by molar-refractivity contribution is 0.0104. The van der Waals surface area contributed by atoms with Crippen LogP contribution in [-0.4, -0.2) is 53.1 Å². The maximum Gasteiger partial charge on any atom is 0.422 e. The molecule has 8 nitrogen and oxygen atoms in total. The lowest BCUT2D eigenvalue weighted by Gasteiger charge is -2.34. The van der Waals surface area contributed by atoms with Gasteiger partial charge in [0.15, 0.2) is 0 Å². The number of benzene rings is 2. The van der Waals surface area contributed by atoms with Crippen LogP contribution in [0.25, 0.3) is 0 Å². The number of hydrogen-bond donors (Lipinski definition) is 3. The summed E-state index contributed by atoms with van der Waals surface area (Å²) in [6.45, 7) is 6.31. The molecular weight excluding hydrogens is 482 g/mol. The first-order valence-corrected chi connectivity index (χ1v) is 13.6. The van der Waals surface area contributed by atoms with Crippen molar-refractivity contribution in [1.82, 2.24) is 15.8 Å². The van der Waals surface area contributed by atoms with Gasteiger partial charge in [0.05, 0.1) is 12.1 Å². The van der Waals surface area contributed by atoms with Gasteiger partial charge < -0.3 is 19.9 Å². The maximum absolute atomic E-state index is 12.7. The number of rotatable bonds is 11. The van der Waals surface area contributed by atoms with Crippen LogP contribution in [0, 0.1) is 5.92 Å². The van der Waals surface area contributed by atoms with E-state index in [1.54, 1.807) is 5.01 Å². The van der Waals surface area contributed by atoms with Crippen molar-refractivity contribution in [2.45, 2.75) is 83.6 Å². The second kappa shape index (κ2) is 14.7. The molecule has 1 aliphatic rings. The minimum Gasteiger partial charge on any atom is -0.445 e. The molecule has 2 amide bonds. The topological polar surface area (TPSA) is 100 Å². The van der Waals surface area contributed by atoms with Crippen molar-refractivity contribution in [3.05, 3.63) is 71.8 Å². The Morgan fingerprint density at radius 2 is 1.55 bits per heavy atom. The van der Waals surface area contributed by atoms with Gasteiger partial charge in [0.25, 0.3) is 0 Å². The van der Waals surface area contributed by atoms with Gasteiger partial charge in [-0.1, -0.05) is 79.9 Å². The highest BCUT2D eigenvalue weighted by molar-refractivity contribution is 5.68. The Hall–Kier alpha value is -3.10. The van der Waals surface area contributed by atoms with Gasteiger partial charge in [-0.05, 0) is 57.1 Å². The Balaban J connectivity index is 1.68. The molecule has 3 rings (SSSR count). The van der Waals surface area contributed by atoms with Crippen molar-refractivity contribution in [2.24, 2.45) is 5.92 Å². The number of hydrogen-bond acceptors (Lipinski definition) is 6. The largest absolute Gasteiger partial charge is 0.445 e. The van der Waals surface area contributed by atoms with Crippen molar-refractivity contribution in [3.8, 4) is 0 Å². The first kappa shape index (κ1) is 29.5. The molecule has 2 aromatic carbocycles. The number of alkyl carbamates (subject to hydrolysis) is 1. The smallest absolute Gasteiger partial charge is 0.422 e. The molecule has 0 aliphatic heterocycles. The standard InChI is InChI=1S/C30H43N3O5/c1-30(2,3)38-29(36)32-33(20-24-15-9-5-10-16-24)21-27(34)26(19-23-13-7-4-8-14-23)31-28(35)37-22-25-17-11-6-12-18-25/h4,6-8,11-14,17-18,24,26-27,34H,5,9-10,15-16,19-22H2,1-3H3,(H,31,35)(H,32,36)/t26-,27-/m0/s1. The monoisotopic (exact) mass is 525 g/mol. The maximum atomic E-state index is 12.7. The van der Waals surface area contributed by atoms with Gasteiger partial charge in [0.2, 0.25) is 0 Å². The van der Waals surface area contributed by atoms with Crippen LogP contribution >= 0.6 is 0 Å². The average Bonchev–Trinajstić information content (AvgIpc) is 2.87. The van der Waals surface area contributed by atoms with Crippen LogP contribution in [0.2, 0.25) is 0 Å². The van der Waals surface area contributed by atoms with Crippen molar-refractivity contribution >= 4 is 12.2 Å². The normalized spacial score (nSPS) is 15.9. The molecule has 3 N–H and O–H groups in total. The Labute approximate surface area is 226 Å². The van der Waals surface area contributed by atoms with Crippen LogP contribution in [0.1, 0.15) is 64.0 Å². The Kier molecular flexibility index (Phi) is 11.4. The van der Waals surface area contributed by atoms with Gasteiger partial charge in [0.1, 0.15) is 12.2 Å². The van der Waals surface area contributed by atoms with Crippen molar-refractivity contribution in [2.75, 3.05) is 13.1 Å². The van der Waals surface area contributed by atoms with Crippen molar-refractivity contribution < 1.29 is 24.2 Å². The van der Waals surface area contributed by atoms with Gasteiger partial charge in [-0.15, -0.1) is 0 Å². The summed E-state index contributed by atoms with van der Waals surface area (Å²) >= 11 is 0. The van der Waals surface area contributed by atoms with E-state index in [4.69, 9.17) is 9.47 Å². The summed E-state index contributed by atoms with van der Waals surface area (Å²) < 4.78 is 10.9. The third kappa shape index (κ3) is 11.1. The van der Waals surface area contributed by atoms with Crippen LogP contribution < -0.4 is 10.7 Å². The number of ether oxygens (including phenoxy) is 2. The minimum absolute atomic E-state index is 0.131. The Morgan fingerprint density at radius 3 is 2.16 bits per heavy atom. The van der Waals surface area contributed by atoms with Crippen LogP contribution in [0.5, 0.6) is 0 Å². The zero-order valence-corrected chi connectivity index (χ0v) is 22.9. The third-order valence-corrected chi connectivity index (χ3v) is 6.54. The number of nitrogens with zero attached hydrogens (tertiary/aromatic N) is 1. The summed E-state index contributed by atoms with van der Waals surface area (Å²) in [6.07, 6.45) is 4.00. The molecule has 0 heterocycles. The SMILES string of the molecule is CC(C)(C)OC(=O)NN(CC1CCCCC1)C[C@H](O)[C@H](Cc1ccccc1)NC(=O)OCc1ccccc1. The highest BCUT2D eigenvalue weighted by atomic mass is 16.6. The zero-order valence-electron chi connectivity index (χ0n) is 22.9. The quantitative estimate of drug-likeness (QED) is 0.349. The molecule has 38 heavy (non-hydrogen) atoms. The fourth-order valence-corrected chi connectivity index (χ4v) is 4.70. The summed E-state index contributed by atoms with van der Waals surface area (Å²) in [6, 6.07) is 18.5. The second-order valence-corrected chi connectivity index (χ2v) is 11.1. The van der Waals surface area contributed by atoms with E-state index in [1.165, 1.54) is 19.3 Å². The highest BCUT2D eigenvalue weighted by Crippen LogP contribution is 2.24. The lowest BCUT2D eigenvalue weighted by Crippen LogP contribution is -2.55. The van der Waals surface area contributed by atoms with Gasteiger partial charge in [-0.25, -0.2) is 14.6 Å². The molecule has 1 fully saturated rings.